The van der Waals surface area contributed by atoms with E-state index in [-0.39, 0.29) is 18.4 Å². The zero-order valence-corrected chi connectivity index (χ0v) is 18.3. The van der Waals surface area contributed by atoms with Crippen LogP contribution in [0.25, 0.3) is 0 Å². The summed E-state index contributed by atoms with van der Waals surface area (Å²) in [6.45, 7) is 4.43. The van der Waals surface area contributed by atoms with Crippen LogP contribution in [0, 0.1) is 0 Å². The van der Waals surface area contributed by atoms with Crippen molar-refractivity contribution in [1.82, 2.24) is 9.80 Å². The largest absolute Gasteiger partial charge is 0.416 e. The molecule has 9 heteroatoms. The van der Waals surface area contributed by atoms with Gasteiger partial charge in [-0.25, -0.2) is 0 Å². The Morgan fingerprint density at radius 1 is 0.939 bits per heavy atom. The monoisotopic (exact) mass is 460 g/mol. The molecule has 0 radical (unpaired) electrons. The van der Waals surface area contributed by atoms with Gasteiger partial charge in [0.15, 0.2) is 0 Å². The topological polar surface area (TPSA) is 55.9 Å². The fourth-order valence-corrected chi connectivity index (χ4v) is 4.24. The number of alkyl halides is 3. The second kappa shape index (κ2) is 9.93. The molecule has 1 N–H and O–H groups in total. The Kier molecular flexibility index (Phi) is 6.99. The number of nitrogens with zero attached hydrogens (tertiary/aromatic N) is 3. The number of piperazine rings is 1. The third kappa shape index (κ3) is 6.11. The molecule has 0 atom stereocenters. The van der Waals surface area contributed by atoms with E-state index in [1.165, 1.54) is 12.1 Å². The van der Waals surface area contributed by atoms with E-state index in [1.54, 1.807) is 4.90 Å². The lowest BCUT2D eigenvalue weighted by Gasteiger charge is -2.34. The molecule has 0 unspecified atom stereocenters. The van der Waals surface area contributed by atoms with Crippen LogP contribution >= 0.6 is 0 Å². The Hall–Kier alpha value is -2.91. The Morgan fingerprint density at radius 3 is 2.27 bits per heavy atom. The minimum Gasteiger partial charge on any atom is -0.325 e. The average Bonchev–Trinajstić information content (AvgIpc) is 3.21. The van der Waals surface area contributed by atoms with Crippen molar-refractivity contribution in [3.8, 4) is 0 Å². The van der Waals surface area contributed by atoms with Crippen molar-refractivity contribution in [2.45, 2.75) is 25.6 Å². The summed E-state index contributed by atoms with van der Waals surface area (Å²) in [5.41, 5.74) is 1.66. The van der Waals surface area contributed by atoms with Crippen molar-refractivity contribution in [2.75, 3.05) is 49.5 Å². The first kappa shape index (κ1) is 23.3. The highest BCUT2D eigenvalue weighted by molar-refractivity contribution is 5.97. The lowest BCUT2D eigenvalue weighted by molar-refractivity contribution is -0.137. The molecule has 33 heavy (non-hydrogen) atoms. The maximum atomic E-state index is 12.7. The van der Waals surface area contributed by atoms with Gasteiger partial charge in [0.1, 0.15) is 0 Å². The van der Waals surface area contributed by atoms with Crippen molar-refractivity contribution in [1.29, 1.82) is 0 Å². The van der Waals surface area contributed by atoms with Crippen molar-refractivity contribution in [3.05, 3.63) is 59.7 Å². The van der Waals surface area contributed by atoms with Gasteiger partial charge in [-0.15, -0.1) is 0 Å². The van der Waals surface area contributed by atoms with Gasteiger partial charge < -0.3 is 10.2 Å². The van der Waals surface area contributed by atoms with Crippen LogP contribution in [0.15, 0.2) is 48.5 Å². The first-order chi connectivity index (χ1) is 15.8. The molecule has 176 valence electrons. The Bertz CT molecular complexity index is 986. The number of hydrogen-bond acceptors (Lipinski definition) is 4. The molecule has 6 nitrogen and oxygen atoms in total. The highest BCUT2D eigenvalue weighted by Gasteiger charge is 2.30. The third-order valence-electron chi connectivity index (χ3n) is 6.03. The molecule has 0 saturated carbocycles. The number of amides is 2. The van der Waals surface area contributed by atoms with E-state index in [9.17, 15) is 22.8 Å². The second-order valence-corrected chi connectivity index (χ2v) is 8.49. The smallest absolute Gasteiger partial charge is 0.325 e. The maximum Gasteiger partial charge on any atom is 0.416 e. The summed E-state index contributed by atoms with van der Waals surface area (Å²) in [6.07, 6.45) is -2.92. The molecular formula is C24H27F3N4O2. The Morgan fingerprint density at radius 2 is 1.64 bits per heavy atom. The van der Waals surface area contributed by atoms with Crippen molar-refractivity contribution >= 4 is 23.2 Å². The van der Waals surface area contributed by atoms with E-state index in [4.69, 9.17) is 0 Å². The van der Waals surface area contributed by atoms with Gasteiger partial charge in [-0.2, -0.15) is 13.2 Å². The molecule has 2 heterocycles. The minimum absolute atomic E-state index is 0.104. The van der Waals surface area contributed by atoms with Crippen LogP contribution in [0.4, 0.5) is 24.5 Å². The lowest BCUT2D eigenvalue weighted by atomic mass is 10.1. The zero-order chi connectivity index (χ0) is 23.4. The predicted molar refractivity (Wildman–Crippen MR) is 120 cm³/mol. The van der Waals surface area contributed by atoms with Gasteiger partial charge in [0, 0.05) is 57.1 Å². The number of carbonyl (C=O) groups is 2. The molecule has 2 aromatic rings. The maximum absolute atomic E-state index is 12.7. The Labute approximate surface area is 191 Å². The molecule has 2 aromatic carbocycles. The number of carbonyl (C=O) groups excluding carboxylic acids is 2. The van der Waals surface area contributed by atoms with Crippen LogP contribution in [0.1, 0.15) is 24.0 Å². The quantitative estimate of drug-likeness (QED) is 0.716. The number of anilines is 2. The molecule has 2 aliphatic heterocycles. The Balaban J connectivity index is 1.23. The van der Waals surface area contributed by atoms with Crippen LogP contribution in [0.5, 0.6) is 0 Å². The van der Waals surface area contributed by atoms with Gasteiger partial charge in [-0.05, 0) is 42.3 Å². The van der Waals surface area contributed by atoms with E-state index in [0.29, 0.717) is 38.3 Å². The molecule has 0 bridgehead atoms. The van der Waals surface area contributed by atoms with E-state index in [1.807, 2.05) is 24.3 Å². The van der Waals surface area contributed by atoms with Crippen molar-refractivity contribution in [2.24, 2.45) is 0 Å². The van der Waals surface area contributed by atoms with Crippen molar-refractivity contribution < 1.29 is 22.8 Å². The molecule has 0 aliphatic carbocycles. The van der Waals surface area contributed by atoms with Gasteiger partial charge in [0.25, 0.3) is 0 Å². The summed E-state index contributed by atoms with van der Waals surface area (Å²) in [7, 11) is 0. The van der Waals surface area contributed by atoms with E-state index >= 15 is 0 Å². The molecule has 0 spiro atoms. The normalized spacial score (nSPS) is 18.0. The van der Waals surface area contributed by atoms with Crippen LogP contribution < -0.4 is 10.2 Å². The SMILES string of the molecule is O=C(CN1CCN(Cc2ccc(C(F)(F)F)cc2)CC1)Nc1cccc(N2CCCC2=O)c1. The third-order valence-corrected chi connectivity index (χ3v) is 6.03. The molecule has 0 aromatic heterocycles. The summed E-state index contributed by atoms with van der Waals surface area (Å²) in [5.74, 6) is -0.0104. The molecule has 2 saturated heterocycles. The molecule has 2 aliphatic rings. The number of hydrogen-bond donors (Lipinski definition) is 1. The summed E-state index contributed by atoms with van der Waals surface area (Å²) in [4.78, 5) is 30.5. The van der Waals surface area contributed by atoms with Crippen LogP contribution in [-0.2, 0) is 22.3 Å². The number of nitrogens with one attached hydrogen (secondary N) is 1. The highest BCUT2D eigenvalue weighted by atomic mass is 19.4. The summed E-state index contributed by atoms with van der Waals surface area (Å²) in [5, 5.41) is 2.91. The lowest BCUT2D eigenvalue weighted by Crippen LogP contribution is -2.48. The zero-order valence-electron chi connectivity index (χ0n) is 18.3. The first-order valence-corrected chi connectivity index (χ1v) is 11.1. The number of rotatable bonds is 6. The molecule has 2 amide bonds. The minimum atomic E-state index is -4.32. The standard InChI is InChI=1S/C24H27F3N4O2/c25-24(26,27)19-8-6-18(7-9-19)16-29-11-13-30(14-12-29)17-22(32)28-20-3-1-4-21(15-20)31-10-2-5-23(31)33/h1,3-4,6-9,15H,2,5,10-14,16-17H2,(H,28,32). The molecule has 4 rings (SSSR count). The number of benzene rings is 2. The van der Waals surface area contributed by atoms with E-state index in [2.05, 4.69) is 15.1 Å². The van der Waals surface area contributed by atoms with Gasteiger partial charge in [0.05, 0.1) is 12.1 Å². The van der Waals surface area contributed by atoms with Gasteiger partial charge in [-0.3, -0.25) is 19.4 Å². The van der Waals surface area contributed by atoms with E-state index < -0.39 is 11.7 Å². The number of halogens is 3. The van der Waals surface area contributed by atoms with Crippen LogP contribution in [-0.4, -0.2) is 60.9 Å². The van der Waals surface area contributed by atoms with Crippen LogP contribution in [0.3, 0.4) is 0 Å². The fourth-order valence-electron chi connectivity index (χ4n) is 4.24. The summed E-state index contributed by atoms with van der Waals surface area (Å²) < 4.78 is 38.1. The van der Waals surface area contributed by atoms with Crippen LogP contribution in [0.2, 0.25) is 0 Å². The molecular weight excluding hydrogens is 433 g/mol. The highest BCUT2D eigenvalue weighted by Crippen LogP contribution is 2.29. The van der Waals surface area contributed by atoms with E-state index in [0.717, 1.165) is 42.9 Å². The van der Waals surface area contributed by atoms with Crippen molar-refractivity contribution in [3.63, 3.8) is 0 Å². The second-order valence-electron chi connectivity index (χ2n) is 8.49. The summed E-state index contributed by atoms with van der Waals surface area (Å²) >= 11 is 0. The summed E-state index contributed by atoms with van der Waals surface area (Å²) in [6, 6.07) is 12.6. The fraction of sp³-hybridized carbons (Fsp3) is 0.417. The van der Waals surface area contributed by atoms with Gasteiger partial charge in [-0.1, -0.05) is 18.2 Å². The first-order valence-electron chi connectivity index (χ1n) is 11.1. The average molecular weight is 461 g/mol. The van der Waals surface area contributed by atoms with Gasteiger partial charge >= 0.3 is 6.18 Å². The predicted octanol–water partition coefficient (Wildman–Crippen LogP) is 3.59. The molecule has 2 fully saturated rings. The van der Waals surface area contributed by atoms with Gasteiger partial charge in [0.2, 0.25) is 11.8 Å².